The minimum atomic E-state index is -0.362. The summed E-state index contributed by atoms with van der Waals surface area (Å²) in [5.74, 6) is 0.282. The second kappa shape index (κ2) is 5.29. The molecule has 0 fully saturated rings. The van der Waals surface area contributed by atoms with Gasteiger partial charge in [0.05, 0.1) is 10.0 Å². The maximum atomic E-state index is 13.2. The van der Waals surface area contributed by atoms with Crippen LogP contribution in [0.2, 0.25) is 0 Å². The van der Waals surface area contributed by atoms with Crippen molar-refractivity contribution in [2.45, 2.75) is 6.92 Å². The number of para-hydroxylation sites is 1. The van der Waals surface area contributed by atoms with Crippen LogP contribution in [0.3, 0.4) is 0 Å². The topological polar surface area (TPSA) is 59.2 Å². The summed E-state index contributed by atoms with van der Waals surface area (Å²) in [6.07, 6.45) is 0. The van der Waals surface area contributed by atoms with Crippen LogP contribution in [0, 0.1) is 12.7 Å². The Morgan fingerprint density at radius 1 is 1.24 bits per heavy atom. The van der Waals surface area contributed by atoms with E-state index in [1.807, 2.05) is 0 Å². The van der Waals surface area contributed by atoms with Gasteiger partial charge in [-0.25, -0.2) is 4.39 Å². The maximum absolute atomic E-state index is 13.2. The van der Waals surface area contributed by atoms with Crippen molar-refractivity contribution in [3.8, 4) is 28.6 Å². The summed E-state index contributed by atoms with van der Waals surface area (Å²) in [5.41, 5.74) is 1.80. The lowest BCUT2D eigenvalue weighted by Crippen LogP contribution is -1.85. The number of aryl methyl sites for hydroxylation is 1. The molecular weight excluding hydrogens is 339 g/mol. The molecule has 0 atom stereocenters. The zero-order valence-electron chi connectivity index (χ0n) is 11.0. The molecule has 0 aliphatic heterocycles. The molecule has 0 unspecified atom stereocenters. The first-order chi connectivity index (χ1) is 10.1. The zero-order chi connectivity index (χ0) is 15.0. The average molecular weight is 349 g/mol. The predicted molar refractivity (Wildman–Crippen MR) is 79.2 cm³/mol. The summed E-state index contributed by atoms with van der Waals surface area (Å²) in [4.78, 5) is 4.24. The lowest BCUT2D eigenvalue weighted by molar-refractivity contribution is 0.425. The molecule has 1 aromatic heterocycles. The number of halogens is 2. The minimum absolute atomic E-state index is 0.105. The van der Waals surface area contributed by atoms with Crippen molar-refractivity contribution in [2.24, 2.45) is 0 Å². The highest BCUT2D eigenvalue weighted by molar-refractivity contribution is 9.10. The van der Waals surface area contributed by atoms with E-state index in [4.69, 9.17) is 4.52 Å². The number of aromatic hydroxyl groups is 1. The van der Waals surface area contributed by atoms with Gasteiger partial charge in [-0.1, -0.05) is 17.3 Å². The molecule has 6 heteroatoms. The van der Waals surface area contributed by atoms with Crippen LogP contribution < -0.4 is 0 Å². The van der Waals surface area contributed by atoms with Crippen LogP contribution >= 0.6 is 15.9 Å². The molecule has 21 heavy (non-hydrogen) atoms. The number of phenolic OH excluding ortho intramolecular Hbond substituents is 1. The highest BCUT2D eigenvalue weighted by Gasteiger charge is 2.15. The van der Waals surface area contributed by atoms with Crippen molar-refractivity contribution in [1.82, 2.24) is 10.1 Å². The van der Waals surface area contributed by atoms with Crippen molar-refractivity contribution in [3.63, 3.8) is 0 Å². The summed E-state index contributed by atoms with van der Waals surface area (Å²) >= 11 is 3.12. The monoisotopic (exact) mass is 348 g/mol. The number of rotatable bonds is 2. The molecule has 1 heterocycles. The van der Waals surface area contributed by atoms with E-state index in [0.717, 1.165) is 5.56 Å². The number of benzene rings is 2. The van der Waals surface area contributed by atoms with Gasteiger partial charge in [0.15, 0.2) is 0 Å². The molecule has 3 aromatic rings. The fraction of sp³-hybridized carbons (Fsp3) is 0.0667. The fourth-order valence-corrected chi connectivity index (χ4v) is 2.30. The van der Waals surface area contributed by atoms with E-state index in [1.54, 1.807) is 37.3 Å². The smallest absolute Gasteiger partial charge is 0.262 e. The van der Waals surface area contributed by atoms with Crippen LogP contribution in [0.15, 0.2) is 45.4 Å². The first-order valence-electron chi connectivity index (χ1n) is 6.14. The molecular formula is C15H10BrFN2O2. The quantitative estimate of drug-likeness (QED) is 0.749. The first-order valence-corrected chi connectivity index (χ1v) is 6.93. The fourth-order valence-electron chi connectivity index (χ4n) is 1.92. The summed E-state index contributed by atoms with van der Waals surface area (Å²) in [6.45, 7) is 1.78. The second-order valence-electron chi connectivity index (χ2n) is 4.52. The lowest BCUT2D eigenvalue weighted by Gasteiger charge is -2.01. The molecule has 0 aliphatic rings. The van der Waals surface area contributed by atoms with E-state index >= 15 is 0 Å². The Labute approximate surface area is 128 Å². The van der Waals surface area contributed by atoms with E-state index < -0.39 is 0 Å². The SMILES string of the molecule is Cc1cccc(-c2nc(-c3ccc(F)c(Br)c3)no2)c1O. The molecule has 0 aliphatic carbocycles. The molecule has 2 aromatic carbocycles. The molecule has 4 nitrogen and oxygen atoms in total. The van der Waals surface area contributed by atoms with Crippen molar-refractivity contribution < 1.29 is 14.0 Å². The maximum Gasteiger partial charge on any atom is 0.262 e. The van der Waals surface area contributed by atoms with E-state index in [1.165, 1.54) is 6.07 Å². The van der Waals surface area contributed by atoms with Gasteiger partial charge < -0.3 is 9.63 Å². The van der Waals surface area contributed by atoms with E-state index in [0.29, 0.717) is 21.4 Å². The number of nitrogens with zero attached hydrogens (tertiary/aromatic N) is 2. The van der Waals surface area contributed by atoms with Crippen LogP contribution in [0.5, 0.6) is 5.75 Å². The Morgan fingerprint density at radius 2 is 2.05 bits per heavy atom. The molecule has 0 radical (unpaired) electrons. The van der Waals surface area contributed by atoms with Gasteiger partial charge in [-0.15, -0.1) is 0 Å². The van der Waals surface area contributed by atoms with Crippen LogP contribution in [0.4, 0.5) is 4.39 Å². The van der Waals surface area contributed by atoms with Gasteiger partial charge in [0, 0.05) is 5.56 Å². The first kappa shape index (κ1) is 13.8. The van der Waals surface area contributed by atoms with Crippen LogP contribution in [0.25, 0.3) is 22.8 Å². The van der Waals surface area contributed by atoms with Crippen LogP contribution in [-0.2, 0) is 0 Å². The van der Waals surface area contributed by atoms with Gasteiger partial charge in [0.2, 0.25) is 5.82 Å². The molecule has 0 spiro atoms. The third-order valence-corrected chi connectivity index (χ3v) is 3.68. The molecule has 1 N–H and O–H groups in total. The van der Waals surface area contributed by atoms with Gasteiger partial charge in [-0.3, -0.25) is 0 Å². The summed E-state index contributed by atoms with van der Waals surface area (Å²) < 4.78 is 18.7. The molecule has 0 saturated heterocycles. The Morgan fingerprint density at radius 3 is 2.81 bits per heavy atom. The van der Waals surface area contributed by atoms with Crippen molar-refractivity contribution in [3.05, 3.63) is 52.3 Å². The highest BCUT2D eigenvalue weighted by atomic mass is 79.9. The lowest BCUT2D eigenvalue weighted by atomic mass is 10.1. The molecule has 0 saturated carbocycles. The molecule has 3 rings (SSSR count). The van der Waals surface area contributed by atoms with Crippen LogP contribution in [0.1, 0.15) is 5.56 Å². The van der Waals surface area contributed by atoms with Crippen LogP contribution in [-0.4, -0.2) is 15.2 Å². The van der Waals surface area contributed by atoms with Gasteiger partial charge in [0.1, 0.15) is 11.6 Å². The normalized spacial score (nSPS) is 10.8. The number of aromatic nitrogens is 2. The molecule has 0 bridgehead atoms. The summed E-state index contributed by atoms with van der Waals surface area (Å²) in [6, 6.07) is 9.72. The Hall–Kier alpha value is -2.21. The summed E-state index contributed by atoms with van der Waals surface area (Å²) in [7, 11) is 0. The van der Waals surface area contributed by atoms with Gasteiger partial charge in [-0.05, 0) is 52.7 Å². The Balaban J connectivity index is 2.03. The van der Waals surface area contributed by atoms with E-state index in [9.17, 15) is 9.50 Å². The van der Waals surface area contributed by atoms with Gasteiger partial charge in [-0.2, -0.15) is 4.98 Å². The number of hydrogen-bond donors (Lipinski definition) is 1. The highest BCUT2D eigenvalue weighted by Crippen LogP contribution is 2.32. The van der Waals surface area contributed by atoms with Crippen molar-refractivity contribution in [1.29, 1.82) is 0 Å². The Kier molecular flexibility index (Phi) is 3.47. The standard InChI is InChI=1S/C15H10BrFN2O2/c1-8-3-2-4-10(13(8)20)15-18-14(19-21-15)9-5-6-12(17)11(16)7-9/h2-7,20H,1H3. The Bertz CT molecular complexity index is 817. The number of hydrogen-bond acceptors (Lipinski definition) is 4. The largest absolute Gasteiger partial charge is 0.507 e. The van der Waals surface area contributed by atoms with Crippen molar-refractivity contribution in [2.75, 3.05) is 0 Å². The minimum Gasteiger partial charge on any atom is -0.507 e. The third-order valence-electron chi connectivity index (χ3n) is 3.07. The number of phenols is 1. The van der Waals surface area contributed by atoms with E-state index in [2.05, 4.69) is 26.1 Å². The average Bonchev–Trinajstić information content (AvgIpc) is 2.94. The van der Waals surface area contributed by atoms with E-state index in [-0.39, 0.29) is 17.5 Å². The van der Waals surface area contributed by atoms with Crippen molar-refractivity contribution >= 4 is 15.9 Å². The summed E-state index contributed by atoms with van der Waals surface area (Å²) in [5, 5.41) is 13.9. The van der Waals surface area contributed by atoms with Gasteiger partial charge >= 0.3 is 0 Å². The third kappa shape index (κ3) is 2.54. The van der Waals surface area contributed by atoms with Gasteiger partial charge in [0.25, 0.3) is 5.89 Å². The zero-order valence-corrected chi connectivity index (χ0v) is 12.6. The predicted octanol–water partition coefficient (Wildman–Crippen LogP) is 4.32. The molecule has 106 valence electrons. The molecule has 0 amide bonds. The second-order valence-corrected chi connectivity index (χ2v) is 5.38.